The highest BCUT2D eigenvalue weighted by molar-refractivity contribution is 6.32. The van der Waals surface area contributed by atoms with Gasteiger partial charge in [-0.25, -0.2) is 0 Å². The predicted molar refractivity (Wildman–Crippen MR) is 135 cm³/mol. The quantitative estimate of drug-likeness (QED) is 0.627. The summed E-state index contributed by atoms with van der Waals surface area (Å²) in [6.07, 6.45) is 0.814. The lowest BCUT2D eigenvalue weighted by atomic mass is 9.86. The van der Waals surface area contributed by atoms with E-state index in [1.54, 1.807) is 7.11 Å². The molecule has 2 aliphatic heterocycles. The SMILES string of the molecule is COc1ccc(C2CC(C(C)(C)C)=NN2c2ccc(C(=O)N3CCN(C)CC3)cc2)cc1Cl. The van der Waals surface area contributed by atoms with Gasteiger partial charge in [0.05, 0.1) is 23.9 Å². The Bertz CT molecular complexity index is 1040. The predicted octanol–water partition coefficient (Wildman–Crippen LogP) is 5.09. The highest BCUT2D eigenvalue weighted by atomic mass is 35.5. The number of likely N-dealkylation sites (N-methyl/N-ethyl adjacent to an activating group) is 1. The molecule has 1 atom stereocenters. The summed E-state index contributed by atoms with van der Waals surface area (Å²) < 4.78 is 5.33. The lowest BCUT2D eigenvalue weighted by molar-refractivity contribution is 0.0664. The van der Waals surface area contributed by atoms with Crippen LogP contribution in [0, 0.1) is 5.41 Å². The molecule has 6 nitrogen and oxygen atoms in total. The Kier molecular flexibility index (Phi) is 6.68. The van der Waals surface area contributed by atoms with Crippen LogP contribution in [0.3, 0.4) is 0 Å². The molecular formula is C26H33ClN4O2. The van der Waals surface area contributed by atoms with Gasteiger partial charge in [-0.3, -0.25) is 9.80 Å². The van der Waals surface area contributed by atoms with E-state index < -0.39 is 0 Å². The summed E-state index contributed by atoms with van der Waals surface area (Å²) in [5, 5.41) is 7.66. The molecule has 2 aliphatic rings. The average Bonchev–Trinajstić information content (AvgIpc) is 3.25. The molecule has 0 radical (unpaired) electrons. The Morgan fingerprint density at radius 3 is 2.30 bits per heavy atom. The van der Waals surface area contributed by atoms with Crippen molar-refractivity contribution in [2.75, 3.05) is 45.3 Å². The Labute approximate surface area is 201 Å². The van der Waals surface area contributed by atoms with Crippen molar-refractivity contribution < 1.29 is 9.53 Å². The van der Waals surface area contributed by atoms with Crippen molar-refractivity contribution in [1.82, 2.24) is 9.80 Å². The van der Waals surface area contributed by atoms with Gasteiger partial charge in [0.15, 0.2) is 0 Å². The zero-order valence-corrected chi connectivity index (χ0v) is 20.9. The van der Waals surface area contributed by atoms with E-state index in [2.05, 4.69) is 43.8 Å². The van der Waals surface area contributed by atoms with Crippen molar-refractivity contribution in [1.29, 1.82) is 0 Å². The number of rotatable bonds is 4. The number of carbonyl (C=O) groups is 1. The van der Waals surface area contributed by atoms with Gasteiger partial charge in [-0.05, 0) is 49.0 Å². The molecule has 0 aliphatic carbocycles. The van der Waals surface area contributed by atoms with Gasteiger partial charge in [0.1, 0.15) is 5.75 Å². The first-order valence-electron chi connectivity index (χ1n) is 11.5. The number of hydrazone groups is 1. The van der Waals surface area contributed by atoms with Crippen molar-refractivity contribution in [3.05, 3.63) is 58.6 Å². The minimum Gasteiger partial charge on any atom is -0.495 e. The van der Waals surface area contributed by atoms with E-state index in [0.717, 1.165) is 49.6 Å². The van der Waals surface area contributed by atoms with E-state index in [1.165, 1.54) is 0 Å². The molecule has 1 unspecified atom stereocenters. The Balaban J connectivity index is 1.60. The first-order chi connectivity index (χ1) is 15.7. The van der Waals surface area contributed by atoms with Crippen LogP contribution in [0.15, 0.2) is 47.6 Å². The number of halogens is 1. The molecule has 0 bridgehead atoms. The van der Waals surface area contributed by atoms with Crippen molar-refractivity contribution in [3.63, 3.8) is 0 Å². The lowest BCUT2D eigenvalue weighted by Crippen LogP contribution is -2.47. The van der Waals surface area contributed by atoms with Crippen molar-refractivity contribution in [2.45, 2.75) is 33.2 Å². The maximum Gasteiger partial charge on any atom is 0.253 e. The van der Waals surface area contributed by atoms with E-state index >= 15 is 0 Å². The Morgan fingerprint density at radius 1 is 1.06 bits per heavy atom. The standard InChI is InChI=1S/C26H33ClN4O2/c1-26(2,3)24-17-22(19-8-11-23(33-5)21(27)16-19)31(28-24)20-9-6-18(7-10-20)25(32)30-14-12-29(4)13-15-30/h6-11,16,22H,12-15,17H2,1-5H3. The summed E-state index contributed by atoms with van der Waals surface area (Å²) in [5.74, 6) is 0.752. The summed E-state index contributed by atoms with van der Waals surface area (Å²) in [5.41, 5.74) is 3.85. The maximum atomic E-state index is 12.9. The molecule has 2 heterocycles. The van der Waals surface area contributed by atoms with E-state index in [1.807, 2.05) is 41.3 Å². The molecule has 176 valence electrons. The third-order valence-corrected chi connectivity index (χ3v) is 6.80. The number of amides is 1. The van der Waals surface area contributed by atoms with Crippen LogP contribution in [0.25, 0.3) is 0 Å². The molecule has 0 spiro atoms. The van der Waals surface area contributed by atoms with Gasteiger partial charge in [-0.2, -0.15) is 5.10 Å². The molecule has 2 aromatic rings. The summed E-state index contributed by atoms with van der Waals surface area (Å²) in [6, 6.07) is 13.8. The van der Waals surface area contributed by atoms with Crippen molar-refractivity contribution >= 4 is 28.9 Å². The number of hydrogen-bond acceptors (Lipinski definition) is 5. The smallest absolute Gasteiger partial charge is 0.253 e. The van der Waals surface area contributed by atoms with Crippen LogP contribution in [-0.4, -0.2) is 61.8 Å². The van der Waals surface area contributed by atoms with Gasteiger partial charge < -0.3 is 14.5 Å². The molecule has 0 saturated carbocycles. The second kappa shape index (κ2) is 9.35. The molecule has 2 aromatic carbocycles. The number of carbonyl (C=O) groups excluding carboxylic acids is 1. The Morgan fingerprint density at radius 2 is 1.73 bits per heavy atom. The van der Waals surface area contributed by atoms with Gasteiger partial charge >= 0.3 is 0 Å². The number of methoxy groups -OCH3 is 1. The monoisotopic (exact) mass is 468 g/mol. The first-order valence-corrected chi connectivity index (χ1v) is 11.8. The minimum absolute atomic E-state index is 0.0295. The number of anilines is 1. The number of piperazine rings is 1. The van der Waals surface area contributed by atoms with E-state index in [4.69, 9.17) is 21.4 Å². The molecule has 0 N–H and O–H groups in total. The highest BCUT2D eigenvalue weighted by Gasteiger charge is 2.34. The fraction of sp³-hybridized carbons (Fsp3) is 0.462. The minimum atomic E-state index is -0.0411. The van der Waals surface area contributed by atoms with Crippen LogP contribution < -0.4 is 9.75 Å². The number of ether oxygens (including phenoxy) is 1. The third-order valence-electron chi connectivity index (χ3n) is 6.51. The van der Waals surface area contributed by atoms with Gasteiger partial charge in [0, 0.05) is 49.3 Å². The molecule has 33 heavy (non-hydrogen) atoms. The maximum absolute atomic E-state index is 12.9. The van der Waals surface area contributed by atoms with Crippen LogP contribution in [0.1, 0.15) is 49.2 Å². The zero-order valence-electron chi connectivity index (χ0n) is 20.1. The van der Waals surface area contributed by atoms with Gasteiger partial charge in [0.2, 0.25) is 0 Å². The van der Waals surface area contributed by atoms with Crippen molar-refractivity contribution in [2.24, 2.45) is 10.5 Å². The van der Waals surface area contributed by atoms with E-state index in [0.29, 0.717) is 16.3 Å². The van der Waals surface area contributed by atoms with E-state index in [-0.39, 0.29) is 17.4 Å². The zero-order chi connectivity index (χ0) is 23.8. The van der Waals surface area contributed by atoms with Crippen LogP contribution >= 0.6 is 11.6 Å². The van der Waals surface area contributed by atoms with Gasteiger partial charge in [-0.1, -0.05) is 38.4 Å². The van der Waals surface area contributed by atoms with Crippen LogP contribution in [-0.2, 0) is 0 Å². The molecule has 1 amide bonds. The second-order valence-electron chi connectivity index (χ2n) is 9.90. The summed E-state index contributed by atoms with van der Waals surface area (Å²) in [4.78, 5) is 17.1. The fourth-order valence-corrected chi connectivity index (χ4v) is 4.57. The largest absolute Gasteiger partial charge is 0.495 e. The topological polar surface area (TPSA) is 48.4 Å². The summed E-state index contributed by atoms with van der Waals surface area (Å²) in [7, 11) is 3.71. The highest BCUT2D eigenvalue weighted by Crippen LogP contribution is 2.41. The normalized spacial score (nSPS) is 19.6. The summed E-state index contributed by atoms with van der Waals surface area (Å²) >= 11 is 6.44. The van der Waals surface area contributed by atoms with E-state index in [9.17, 15) is 4.79 Å². The van der Waals surface area contributed by atoms with Crippen molar-refractivity contribution in [3.8, 4) is 5.75 Å². The second-order valence-corrected chi connectivity index (χ2v) is 10.3. The van der Waals surface area contributed by atoms with Crippen LogP contribution in [0.4, 0.5) is 5.69 Å². The molecular weight excluding hydrogens is 436 g/mol. The molecule has 1 fully saturated rings. The van der Waals surface area contributed by atoms with Crippen LogP contribution in [0.2, 0.25) is 5.02 Å². The first kappa shape index (κ1) is 23.6. The van der Waals surface area contributed by atoms with Crippen LogP contribution in [0.5, 0.6) is 5.75 Å². The summed E-state index contributed by atoms with van der Waals surface area (Å²) in [6.45, 7) is 9.91. The molecule has 0 aromatic heterocycles. The average molecular weight is 469 g/mol. The fourth-order valence-electron chi connectivity index (χ4n) is 4.30. The molecule has 7 heteroatoms. The van der Waals surface area contributed by atoms with Gasteiger partial charge in [-0.15, -0.1) is 0 Å². The number of hydrogen-bond donors (Lipinski definition) is 0. The Hall–Kier alpha value is -2.57. The van der Waals surface area contributed by atoms with Gasteiger partial charge in [0.25, 0.3) is 5.91 Å². The lowest BCUT2D eigenvalue weighted by Gasteiger charge is -2.32. The third kappa shape index (κ3) is 5.02. The number of nitrogens with zero attached hydrogens (tertiary/aromatic N) is 4. The molecule has 4 rings (SSSR count). The molecule has 1 saturated heterocycles. The number of benzene rings is 2.